The van der Waals surface area contributed by atoms with Crippen LogP contribution in [0.25, 0.3) is 11.3 Å². The van der Waals surface area contributed by atoms with E-state index >= 15 is 0 Å². The Kier molecular flexibility index (Phi) is 3.94. The van der Waals surface area contributed by atoms with E-state index in [2.05, 4.69) is 10.3 Å². The Morgan fingerprint density at radius 1 is 1.18 bits per heavy atom. The number of aromatic nitrogens is 1. The molecule has 0 spiro atoms. The molecule has 1 N–H and O–H groups in total. The first-order chi connectivity index (χ1) is 10.6. The van der Waals surface area contributed by atoms with Gasteiger partial charge in [0.25, 0.3) is 5.91 Å². The zero-order valence-electron chi connectivity index (χ0n) is 11.8. The molecule has 0 radical (unpaired) electrons. The maximum atomic E-state index is 12.4. The Morgan fingerprint density at radius 3 is 2.77 bits per heavy atom. The first-order valence-corrected chi connectivity index (χ1v) is 7.09. The summed E-state index contributed by atoms with van der Waals surface area (Å²) in [7, 11) is 0. The summed E-state index contributed by atoms with van der Waals surface area (Å²) in [6.45, 7) is 1.93. The van der Waals surface area contributed by atoms with Gasteiger partial charge in [0.15, 0.2) is 17.8 Å². The second-order valence-corrected chi connectivity index (χ2v) is 5.25. The van der Waals surface area contributed by atoms with Crippen LogP contribution in [0, 0.1) is 6.92 Å². The lowest BCUT2D eigenvalue weighted by atomic mass is 10.1. The van der Waals surface area contributed by atoms with E-state index in [4.69, 9.17) is 16.0 Å². The fourth-order valence-electron chi connectivity index (χ4n) is 2.14. The van der Waals surface area contributed by atoms with Crippen LogP contribution in [0.2, 0.25) is 5.02 Å². The predicted octanol–water partition coefficient (Wildman–Crippen LogP) is 4.56. The van der Waals surface area contributed by atoms with E-state index in [0.29, 0.717) is 16.3 Å². The minimum atomic E-state index is -0.321. The molecule has 0 fully saturated rings. The molecule has 3 rings (SSSR count). The number of hydrogen-bond acceptors (Lipinski definition) is 3. The minimum absolute atomic E-state index is 0.227. The minimum Gasteiger partial charge on any atom is -0.443 e. The number of hydrogen-bond donors (Lipinski definition) is 1. The monoisotopic (exact) mass is 312 g/mol. The molecule has 0 aliphatic rings. The van der Waals surface area contributed by atoms with Crippen LogP contribution in [0.3, 0.4) is 0 Å². The van der Waals surface area contributed by atoms with Crippen molar-refractivity contribution in [2.75, 3.05) is 5.32 Å². The number of benzene rings is 2. The van der Waals surface area contributed by atoms with Crippen molar-refractivity contribution < 1.29 is 9.21 Å². The van der Waals surface area contributed by atoms with Crippen molar-refractivity contribution in [3.05, 3.63) is 71.2 Å². The maximum absolute atomic E-state index is 12.4. The number of nitrogens with one attached hydrogen (secondary N) is 1. The largest absolute Gasteiger partial charge is 0.443 e. The van der Waals surface area contributed by atoms with Crippen LogP contribution in [-0.4, -0.2) is 10.9 Å². The molecule has 3 aromatic rings. The normalized spacial score (nSPS) is 10.5. The summed E-state index contributed by atoms with van der Waals surface area (Å²) in [5.41, 5.74) is 2.65. The van der Waals surface area contributed by atoms with Gasteiger partial charge in [-0.25, -0.2) is 4.98 Å². The van der Waals surface area contributed by atoms with Gasteiger partial charge in [0.2, 0.25) is 0 Å². The molecule has 0 aliphatic carbocycles. The summed E-state index contributed by atoms with van der Waals surface area (Å²) >= 11 is 5.98. The summed E-state index contributed by atoms with van der Waals surface area (Å²) in [5.74, 6) is 0.0756. The summed E-state index contributed by atoms with van der Waals surface area (Å²) < 4.78 is 5.36. The average Bonchev–Trinajstić information content (AvgIpc) is 2.99. The lowest BCUT2D eigenvalue weighted by molar-refractivity contribution is 0.102. The van der Waals surface area contributed by atoms with Crippen LogP contribution in [-0.2, 0) is 0 Å². The molecule has 0 unspecified atom stereocenters. The summed E-state index contributed by atoms with van der Waals surface area (Å²) in [5, 5.41) is 3.41. The highest BCUT2D eigenvalue weighted by Gasteiger charge is 2.19. The lowest BCUT2D eigenvalue weighted by Gasteiger charge is -2.07. The van der Waals surface area contributed by atoms with Crippen molar-refractivity contribution in [3.8, 4) is 11.3 Å². The number of carbonyl (C=O) groups excluding carboxylic acids is 1. The van der Waals surface area contributed by atoms with Crippen molar-refractivity contribution in [2.24, 2.45) is 0 Å². The Labute approximate surface area is 132 Å². The summed E-state index contributed by atoms with van der Waals surface area (Å²) in [6, 6.07) is 14.6. The lowest BCUT2D eigenvalue weighted by Crippen LogP contribution is -2.14. The van der Waals surface area contributed by atoms with Crippen LogP contribution in [0.15, 0.2) is 59.3 Å². The molecule has 1 aromatic heterocycles. The van der Waals surface area contributed by atoms with Crippen LogP contribution >= 0.6 is 11.6 Å². The van der Waals surface area contributed by atoms with Gasteiger partial charge < -0.3 is 9.73 Å². The topological polar surface area (TPSA) is 55.1 Å². The zero-order chi connectivity index (χ0) is 15.5. The number of para-hydroxylation sites is 1. The highest BCUT2D eigenvalue weighted by molar-refractivity contribution is 6.30. The molecule has 1 amide bonds. The Morgan fingerprint density at radius 2 is 2.00 bits per heavy atom. The van der Waals surface area contributed by atoms with Gasteiger partial charge >= 0.3 is 0 Å². The molecule has 0 saturated carbocycles. The van der Waals surface area contributed by atoms with Crippen molar-refractivity contribution in [1.82, 2.24) is 4.98 Å². The second-order valence-electron chi connectivity index (χ2n) is 4.81. The van der Waals surface area contributed by atoms with Crippen LogP contribution in [0.4, 0.5) is 5.69 Å². The molecule has 0 atom stereocenters. The van der Waals surface area contributed by atoms with Crippen molar-refractivity contribution >= 4 is 23.2 Å². The first kappa shape index (κ1) is 14.4. The molecule has 0 aliphatic heterocycles. The smallest absolute Gasteiger partial charge is 0.278 e. The second kappa shape index (κ2) is 6.03. The van der Waals surface area contributed by atoms with E-state index < -0.39 is 0 Å². The number of nitrogens with zero attached hydrogens (tertiary/aromatic N) is 1. The molecular formula is C17H13ClN2O2. The van der Waals surface area contributed by atoms with Gasteiger partial charge in [0, 0.05) is 16.3 Å². The molecule has 2 aromatic carbocycles. The van der Waals surface area contributed by atoms with Crippen LogP contribution in [0.1, 0.15) is 16.1 Å². The fourth-order valence-corrected chi connectivity index (χ4v) is 2.33. The van der Waals surface area contributed by atoms with Crippen LogP contribution in [0.5, 0.6) is 0 Å². The maximum Gasteiger partial charge on any atom is 0.278 e. The Hall–Kier alpha value is -2.59. The molecule has 22 heavy (non-hydrogen) atoms. The molecule has 110 valence electrons. The third kappa shape index (κ3) is 2.87. The van der Waals surface area contributed by atoms with Gasteiger partial charge in [-0.2, -0.15) is 0 Å². The van der Waals surface area contributed by atoms with E-state index in [1.54, 1.807) is 18.2 Å². The zero-order valence-corrected chi connectivity index (χ0v) is 12.6. The predicted molar refractivity (Wildman–Crippen MR) is 86.1 cm³/mol. The molecule has 0 saturated heterocycles. The Bertz CT molecular complexity index is 827. The fraction of sp³-hybridized carbons (Fsp3) is 0.0588. The molecule has 4 nitrogen and oxygen atoms in total. The van der Waals surface area contributed by atoms with Crippen molar-refractivity contribution in [2.45, 2.75) is 6.92 Å². The number of carbonyl (C=O) groups is 1. The molecule has 0 bridgehead atoms. The molecular weight excluding hydrogens is 300 g/mol. The van der Waals surface area contributed by atoms with Crippen molar-refractivity contribution in [1.29, 1.82) is 0 Å². The number of aryl methyl sites for hydroxylation is 1. The van der Waals surface area contributed by atoms with E-state index in [0.717, 1.165) is 11.3 Å². The number of amides is 1. The third-order valence-corrected chi connectivity index (χ3v) is 3.50. The number of anilines is 1. The number of rotatable bonds is 3. The summed E-state index contributed by atoms with van der Waals surface area (Å²) in [6.07, 6.45) is 1.25. The highest BCUT2D eigenvalue weighted by atomic mass is 35.5. The van der Waals surface area contributed by atoms with Gasteiger partial charge in [-0.3, -0.25) is 4.79 Å². The average molecular weight is 313 g/mol. The summed E-state index contributed by atoms with van der Waals surface area (Å²) in [4.78, 5) is 16.5. The quantitative estimate of drug-likeness (QED) is 0.771. The molecule has 5 heteroatoms. The van der Waals surface area contributed by atoms with Gasteiger partial charge in [-0.15, -0.1) is 0 Å². The van der Waals surface area contributed by atoms with E-state index in [1.165, 1.54) is 6.39 Å². The van der Waals surface area contributed by atoms with Crippen molar-refractivity contribution in [3.63, 3.8) is 0 Å². The van der Waals surface area contributed by atoms with Gasteiger partial charge in [0.05, 0.1) is 0 Å². The SMILES string of the molecule is Cc1ccccc1NC(=O)c1ncoc1-c1cccc(Cl)c1. The van der Waals surface area contributed by atoms with E-state index in [9.17, 15) is 4.79 Å². The van der Waals surface area contributed by atoms with E-state index in [1.807, 2.05) is 37.3 Å². The Balaban J connectivity index is 1.92. The number of oxazole rings is 1. The molecule has 1 heterocycles. The highest BCUT2D eigenvalue weighted by Crippen LogP contribution is 2.26. The van der Waals surface area contributed by atoms with Crippen LogP contribution < -0.4 is 5.32 Å². The third-order valence-electron chi connectivity index (χ3n) is 3.26. The van der Waals surface area contributed by atoms with Gasteiger partial charge in [-0.1, -0.05) is 41.9 Å². The first-order valence-electron chi connectivity index (χ1n) is 6.71. The van der Waals surface area contributed by atoms with Gasteiger partial charge in [-0.05, 0) is 30.7 Å². The number of halogens is 1. The standard InChI is InChI=1S/C17H13ClN2O2/c1-11-5-2-3-8-14(11)20-17(21)15-16(22-10-19-15)12-6-4-7-13(18)9-12/h2-10H,1H3,(H,20,21). The van der Waals surface area contributed by atoms with Gasteiger partial charge in [0.1, 0.15) is 0 Å². The van der Waals surface area contributed by atoms with E-state index in [-0.39, 0.29) is 11.6 Å².